The number of nitrogens with zero attached hydrogens (tertiary/aromatic N) is 4. The van der Waals surface area contributed by atoms with Crippen LogP contribution < -0.4 is 5.32 Å². The van der Waals surface area contributed by atoms with Crippen LogP contribution in [0.3, 0.4) is 0 Å². The summed E-state index contributed by atoms with van der Waals surface area (Å²) in [5.74, 6) is 0. The number of hydrogen-bond donors (Lipinski definition) is 1. The van der Waals surface area contributed by atoms with Crippen LogP contribution >= 0.6 is 0 Å². The van der Waals surface area contributed by atoms with E-state index in [1.165, 1.54) is 11.7 Å². The van der Waals surface area contributed by atoms with Crippen LogP contribution in [0.5, 0.6) is 0 Å². The van der Waals surface area contributed by atoms with Crippen LogP contribution in [0.1, 0.15) is 22.6 Å². The predicted octanol–water partition coefficient (Wildman–Crippen LogP) is 1.77. The molecule has 0 aliphatic rings. The second kappa shape index (κ2) is 5.28. The van der Waals surface area contributed by atoms with Crippen molar-refractivity contribution >= 4 is 0 Å². The molecule has 0 spiro atoms. The predicted molar refractivity (Wildman–Crippen MR) is 66.7 cm³/mol. The number of aryl methyl sites for hydroxylation is 3. The molecule has 8 heteroatoms. The lowest BCUT2D eigenvalue weighted by Gasteiger charge is -2.04. The van der Waals surface area contributed by atoms with Gasteiger partial charge in [-0.15, -0.1) is 0 Å². The fourth-order valence-corrected chi connectivity index (χ4v) is 1.96. The molecule has 0 unspecified atom stereocenters. The first-order chi connectivity index (χ1) is 9.27. The molecule has 2 aromatic heterocycles. The van der Waals surface area contributed by atoms with Crippen molar-refractivity contribution in [2.75, 3.05) is 0 Å². The van der Waals surface area contributed by atoms with Crippen LogP contribution in [-0.4, -0.2) is 19.6 Å². The molecule has 20 heavy (non-hydrogen) atoms. The summed E-state index contributed by atoms with van der Waals surface area (Å²) in [5, 5.41) is 10.8. The standard InChI is InChI=1S/C12H16F3N5/c1-8-9(7-19(2)17-8)5-16-6-10-4-11(12(13,14)15)18-20(10)3/h4,7,16H,5-6H2,1-3H3. The summed E-state index contributed by atoms with van der Waals surface area (Å²) >= 11 is 0. The number of halogens is 3. The molecule has 0 aliphatic heterocycles. The maximum Gasteiger partial charge on any atom is 0.435 e. The summed E-state index contributed by atoms with van der Waals surface area (Å²) in [6, 6.07) is 1.06. The fourth-order valence-electron chi connectivity index (χ4n) is 1.96. The molecular weight excluding hydrogens is 271 g/mol. The van der Waals surface area contributed by atoms with Crippen molar-refractivity contribution in [3.8, 4) is 0 Å². The maximum absolute atomic E-state index is 12.5. The smallest absolute Gasteiger partial charge is 0.307 e. The molecular formula is C12H16F3N5. The molecule has 0 radical (unpaired) electrons. The summed E-state index contributed by atoms with van der Waals surface area (Å²) < 4.78 is 40.5. The van der Waals surface area contributed by atoms with Crippen LogP contribution in [0.4, 0.5) is 13.2 Å². The monoisotopic (exact) mass is 287 g/mol. The summed E-state index contributed by atoms with van der Waals surface area (Å²) in [6.45, 7) is 2.75. The third-order valence-electron chi connectivity index (χ3n) is 3.00. The van der Waals surface area contributed by atoms with Crippen LogP contribution in [0.15, 0.2) is 12.3 Å². The van der Waals surface area contributed by atoms with Crippen molar-refractivity contribution < 1.29 is 13.2 Å². The van der Waals surface area contributed by atoms with Gasteiger partial charge in [-0.2, -0.15) is 23.4 Å². The van der Waals surface area contributed by atoms with Crippen molar-refractivity contribution in [1.82, 2.24) is 24.9 Å². The quantitative estimate of drug-likeness (QED) is 0.932. The molecule has 0 bridgehead atoms. The number of rotatable bonds is 4. The lowest BCUT2D eigenvalue weighted by molar-refractivity contribution is -0.141. The molecule has 0 aliphatic carbocycles. The van der Waals surface area contributed by atoms with Crippen molar-refractivity contribution in [1.29, 1.82) is 0 Å². The normalized spacial score (nSPS) is 12.1. The van der Waals surface area contributed by atoms with E-state index in [9.17, 15) is 13.2 Å². The second-order valence-corrected chi connectivity index (χ2v) is 4.66. The van der Waals surface area contributed by atoms with Gasteiger partial charge < -0.3 is 5.32 Å². The zero-order chi connectivity index (χ0) is 14.9. The van der Waals surface area contributed by atoms with Gasteiger partial charge in [-0.1, -0.05) is 0 Å². The highest BCUT2D eigenvalue weighted by atomic mass is 19.4. The highest BCUT2D eigenvalue weighted by molar-refractivity contribution is 5.16. The van der Waals surface area contributed by atoms with Crippen LogP contribution in [0, 0.1) is 6.92 Å². The fraction of sp³-hybridized carbons (Fsp3) is 0.500. The Morgan fingerprint density at radius 2 is 1.90 bits per heavy atom. The topological polar surface area (TPSA) is 47.7 Å². The van der Waals surface area contributed by atoms with Crippen molar-refractivity contribution in [3.05, 3.63) is 34.9 Å². The molecule has 0 amide bonds. The minimum atomic E-state index is -4.41. The van der Waals surface area contributed by atoms with E-state index >= 15 is 0 Å². The third kappa shape index (κ3) is 3.19. The number of aromatic nitrogens is 4. The zero-order valence-electron chi connectivity index (χ0n) is 11.5. The van der Waals surface area contributed by atoms with Crippen LogP contribution in [0.2, 0.25) is 0 Å². The molecule has 110 valence electrons. The molecule has 0 fully saturated rings. The van der Waals surface area contributed by atoms with E-state index in [1.807, 2.05) is 20.2 Å². The number of nitrogens with one attached hydrogen (secondary N) is 1. The first-order valence-electron chi connectivity index (χ1n) is 6.07. The van der Waals surface area contributed by atoms with Gasteiger partial charge in [-0.05, 0) is 13.0 Å². The van der Waals surface area contributed by atoms with Gasteiger partial charge in [0.2, 0.25) is 0 Å². The molecule has 0 aromatic carbocycles. The van der Waals surface area contributed by atoms with Crippen molar-refractivity contribution in [2.45, 2.75) is 26.2 Å². The first-order valence-corrected chi connectivity index (χ1v) is 6.07. The lowest BCUT2D eigenvalue weighted by Crippen LogP contribution is -2.15. The van der Waals surface area contributed by atoms with Gasteiger partial charge in [-0.25, -0.2) is 0 Å². The summed E-state index contributed by atoms with van der Waals surface area (Å²) in [6.07, 6.45) is -2.53. The summed E-state index contributed by atoms with van der Waals surface area (Å²) in [4.78, 5) is 0. The average Bonchev–Trinajstić information content (AvgIpc) is 2.83. The van der Waals surface area contributed by atoms with Gasteiger partial charge in [-0.3, -0.25) is 9.36 Å². The van der Waals surface area contributed by atoms with E-state index in [-0.39, 0.29) is 0 Å². The minimum absolute atomic E-state index is 0.313. The second-order valence-electron chi connectivity index (χ2n) is 4.66. The molecule has 0 atom stereocenters. The molecule has 2 heterocycles. The Hall–Kier alpha value is -1.83. The van der Waals surface area contributed by atoms with Gasteiger partial charge in [0, 0.05) is 38.9 Å². The summed E-state index contributed by atoms with van der Waals surface area (Å²) in [7, 11) is 3.33. The molecule has 2 aromatic rings. The van der Waals surface area contributed by atoms with Gasteiger partial charge in [0.25, 0.3) is 0 Å². The van der Waals surface area contributed by atoms with Crippen LogP contribution in [-0.2, 0) is 33.4 Å². The van der Waals surface area contributed by atoms with Crippen molar-refractivity contribution in [3.63, 3.8) is 0 Å². The van der Waals surface area contributed by atoms with E-state index in [1.54, 1.807) is 4.68 Å². The van der Waals surface area contributed by atoms with E-state index in [4.69, 9.17) is 0 Å². The number of hydrogen-bond acceptors (Lipinski definition) is 3. The Labute approximate surface area is 114 Å². The van der Waals surface area contributed by atoms with E-state index in [2.05, 4.69) is 15.5 Å². The lowest BCUT2D eigenvalue weighted by atomic mass is 10.2. The van der Waals surface area contributed by atoms with Crippen LogP contribution in [0.25, 0.3) is 0 Å². The van der Waals surface area contributed by atoms with E-state index in [0.29, 0.717) is 18.8 Å². The third-order valence-corrected chi connectivity index (χ3v) is 3.00. The van der Waals surface area contributed by atoms with Gasteiger partial charge in [0.05, 0.1) is 11.4 Å². The largest absolute Gasteiger partial charge is 0.435 e. The number of alkyl halides is 3. The molecule has 2 rings (SSSR count). The SMILES string of the molecule is Cc1nn(C)cc1CNCc1cc(C(F)(F)F)nn1C. The highest BCUT2D eigenvalue weighted by Gasteiger charge is 2.34. The van der Waals surface area contributed by atoms with Gasteiger partial charge in [0.15, 0.2) is 5.69 Å². The summed E-state index contributed by atoms with van der Waals surface area (Å²) in [5.41, 5.74) is 1.54. The maximum atomic E-state index is 12.5. The molecule has 5 nitrogen and oxygen atoms in total. The zero-order valence-corrected chi connectivity index (χ0v) is 11.5. The van der Waals surface area contributed by atoms with Crippen molar-refractivity contribution in [2.24, 2.45) is 14.1 Å². The Bertz CT molecular complexity index is 597. The molecule has 0 saturated carbocycles. The van der Waals surface area contributed by atoms with Gasteiger partial charge in [0.1, 0.15) is 0 Å². The Morgan fingerprint density at radius 3 is 2.40 bits per heavy atom. The molecule has 1 N–H and O–H groups in total. The Balaban J connectivity index is 1.98. The first kappa shape index (κ1) is 14.6. The van der Waals surface area contributed by atoms with E-state index < -0.39 is 11.9 Å². The minimum Gasteiger partial charge on any atom is -0.307 e. The van der Waals surface area contributed by atoms with E-state index in [0.717, 1.165) is 17.3 Å². The Kier molecular flexibility index (Phi) is 3.85. The Morgan fingerprint density at radius 1 is 1.20 bits per heavy atom. The average molecular weight is 287 g/mol. The van der Waals surface area contributed by atoms with Gasteiger partial charge >= 0.3 is 6.18 Å². The highest BCUT2D eigenvalue weighted by Crippen LogP contribution is 2.28. The molecule has 0 saturated heterocycles.